The van der Waals surface area contributed by atoms with Crippen LogP contribution in [0.5, 0.6) is 0 Å². The zero-order valence-electron chi connectivity index (χ0n) is 29.4. The molecule has 0 aliphatic heterocycles. The molecule has 0 atom stereocenters. The van der Waals surface area contributed by atoms with E-state index in [1.54, 1.807) is 0 Å². The van der Waals surface area contributed by atoms with Gasteiger partial charge in [-0.3, -0.25) is 28.8 Å². The summed E-state index contributed by atoms with van der Waals surface area (Å²) in [6.07, 6.45) is 0.854. The zero-order chi connectivity index (χ0) is 32.6. The van der Waals surface area contributed by atoms with Crippen molar-refractivity contribution in [3.8, 4) is 0 Å². The maximum atomic E-state index is 9.66. The monoisotopic (exact) mass is 697 g/mol. The second-order valence-corrected chi connectivity index (χ2v) is 16.7. The molecule has 6 nitrogen and oxygen atoms in total. The molecule has 0 aromatic carbocycles. The molecule has 0 aromatic heterocycles. The third kappa shape index (κ3) is 21.9. The first-order valence-corrected chi connectivity index (χ1v) is 14.0. The van der Waals surface area contributed by atoms with Crippen LogP contribution in [0, 0.1) is 68.1 Å². The van der Waals surface area contributed by atoms with Crippen molar-refractivity contribution in [3.63, 3.8) is 0 Å². The molecule has 0 rings (SSSR count). The standard InChI is InChI=1S/3C11H20O2.La/c3*1-10(2,3)8(12)7-9(13)11(4,5)6;/h3*7H2,1-6H3;/p+6. The van der Waals surface area contributed by atoms with E-state index in [-0.39, 0.29) is 87.4 Å². The van der Waals surface area contributed by atoms with E-state index in [1.165, 1.54) is 0 Å². The summed E-state index contributed by atoms with van der Waals surface area (Å²) in [6, 6.07) is 0. The molecule has 0 aromatic rings. The molecular weight excluding hydrogens is 631 g/mol. The Morgan fingerprint density at radius 3 is 0.400 bits per heavy atom. The Labute approximate surface area is 274 Å². The normalized spacial score (nSPS) is 12.4. The van der Waals surface area contributed by atoms with E-state index in [0.29, 0.717) is 34.7 Å². The second-order valence-electron chi connectivity index (χ2n) is 16.7. The predicted molar refractivity (Wildman–Crippen MR) is 172 cm³/mol. The number of carbonyl (C=O) groups excluding carboxylic acids is 6. The molecule has 0 unspecified atom stereocenters. The first kappa shape index (κ1) is 46.2. The molecule has 0 amide bonds. The fourth-order valence-electron chi connectivity index (χ4n) is 2.07. The number of ketones is 6. The van der Waals surface area contributed by atoms with Gasteiger partial charge >= 0.3 is 34.7 Å². The van der Waals surface area contributed by atoms with Crippen LogP contribution in [0.1, 0.15) is 144 Å². The summed E-state index contributed by atoms with van der Waals surface area (Å²) in [5.74, 6) is 2.00. The van der Waals surface area contributed by atoms with E-state index in [1.807, 2.05) is 125 Å². The van der Waals surface area contributed by atoms with Crippen molar-refractivity contribution in [1.29, 1.82) is 0 Å². The summed E-state index contributed by atoms with van der Waals surface area (Å²) in [5, 5.41) is 0. The van der Waals surface area contributed by atoms with Crippen LogP contribution in [0.3, 0.4) is 0 Å². The van der Waals surface area contributed by atoms with Gasteiger partial charge < -0.3 is 0 Å². The van der Waals surface area contributed by atoms with Gasteiger partial charge in [-0.1, -0.05) is 0 Å². The fourth-order valence-corrected chi connectivity index (χ4v) is 2.07. The van der Waals surface area contributed by atoms with Crippen LogP contribution in [-0.4, -0.2) is 63.5 Å². The van der Waals surface area contributed by atoms with Crippen LogP contribution in [0.4, 0.5) is 0 Å². The average molecular weight is 698 g/mol. The van der Waals surface area contributed by atoms with Gasteiger partial charge in [0.15, 0.2) is 19.3 Å². The topological polar surface area (TPSA) is 128 Å². The van der Waals surface area contributed by atoms with Crippen molar-refractivity contribution in [2.75, 3.05) is 0 Å². The SMILES string of the molecule is CC(C)(C)C(=[OH+])CC(=[OH+])C(C)(C)C.CC(C)(C)C(=[OH+])CC(=[OH+])C(C)(C)C.CC(C)(C)C(=[OH+])CC(=[OH+])C(C)(C)C.[La]. The summed E-state index contributed by atoms with van der Waals surface area (Å²) in [4.78, 5) is 57.9. The summed E-state index contributed by atoms with van der Waals surface area (Å²) in [7, 11) is 0. The molecule has 40 heavy (non-hydrogen) atoms. The molecule has 0 fully saturated rings. The van der Waals surface area contributed by atoms with E-state index in [0.717, 1.165) is 0 Å². The third-order valence-electron chi connectivity index (χ3n) is 6.20. The maximum absolute atomic E-state index is 9.66. The maximum Gasteiger partial charge on any atom is 0.311 e. The predicted octanol–water partition coefficient (Wildman–Crippen LogP) is 7.68. The molecule has 0 bridgehead atoms. The van der Waals surface area contributed by atoms with Crippen LogP contribution in [0.25, 0.3) is 0 Å². The summed E-state index contributed by atoms with van der Waals surface area (Å²) in [5.41, 5.74) is -1.50. The van der Waals surface area contributed by atoms with Crippen molar-refractivity contribution in [1.82, 2.24) is 0 Å². The number of hydrogen-bond acceptors (Lipinski definition) is 0. The van der Waals surface area contributed by atoms with Gasteiger partial charge in [0.1, 0.15) is 0 Å². The fraction of sp³-hybridized carbons (Fsp3) is 0.818. The van der Waals surface area contributed by atoms with E-state index in [2.05, 4.69) is 0 Å². The van der Waals surface area contributed by atoms with Crippen LogP contribution < -0.4 is 0 Å². The minimum atomic E-state index is -0.251. The largest absolute Gasteiger partial charge is 0.311 e. The Bertz CT molecular complexity index is 693. The molecular formula is C33H66LaO6+6. The van der Waals surface area contributed by atoms with Crippen LogP contribution in [0.2, 0.25) is 0 Å². The van der Waals surface area contributed by atoms with Crippen molar-refractivity contribution in [2.24, 2.45) is 32.5 Å². The Morgan fingerprint density at radius 2 is 0.350 bits per heavy atom. The van der Waals surface area contributed by atoms with Crippen molar-refractivity contribution in [2.45, 2.75) is 144 Å². The molecule has 0 aliphatic carbocycles. The smallest absolute Gasteiger partial charge is 0.282 e. The summed E-state index contributed by atoms with van der Waals surface area (Å²) in [6.45, 7) is 34.7. The Balaban J connectivity index is -0.000000240. The van der Waals surface area contributed by atoms with Gasteiger partial charge in [-0.25, -0.2) is 0 Å². The summed E-state index contributed by atoms with van der Waals surface area (Å²) < 4.78 is 0. The van der Waals surface area contributed by atoms with Crippen LogP contribution in [0.15, 0.2) is 0 Å². The quantitative estimate of drug-likeness (QED) is 0.199. The Morgan fingerprint density at radius 1 is 0.275 bits per heavy atom. The van der Waals surface area contributed by atoms with Crippen LogP contribution >= 0.6 is 0 Å². The van der Waals surface area contributed by atoms with Crippen LogP contribution in [-0.2, 0) is 0 Å². The first-order chi connectivity index (χ1) is 16.6. The minimum absolute atomic E-state index is 0. The third-order valence-corrected chi connectivity index (χ3v) is 6.20. The molecule has 0 saturated carbocycles. The van der Waals surface area contributed by atoms with Gasteiger partial charge in [-0.2, -0.15) is 0 Å². The van der Waals surface area contributed by atoms with Crippen molar-refractivity contribution >= 4 is 34.7 Å². The zero-order valence-corrected chi connectivity index (χ0v) is 33.0. The molecule has 1 radical (unpaired) electrons. The molecule has 231 valence electrons. The molecule has 0 heterocycles. The Kier molecular flexibility index (Phi) is 19.3. The molecule has 7 heteroatoms. The van der Waals surface area contributed by atoms with Gasteiger partial charge in [-0.05, 0) is 125 Å². The second kappa shape index (κ2) is 16.7. The van der Waals surface area contributed by atoms with E-state index >= 15 is 0 Å². The van der Waals surface area contributed by atoms with Gasteiger partial charge in [0.05, 0.1) is 32.5 Å². The molecule has 0 saturated heterocycles. The van der Waals surface area contributed by atoms with E-state index < -0.39 is 0 Å². The molecule has 0 aliphatic rings. The number of hydrogen-bond donors (Lipinski definition) is 0. The Hall–Kier alpha value is -0.785. The summed E-state index contributed by atoms with van der Waals surface area (Å²) >= 11 is 0. The van der Waals surface area contributed by atoms with E-state index in [9.17, 15) is 28.8 Å². The van der Waals surface area contributed by atoms with Crippen molar-refractivity contribution in [3.05, 3.63) is 0 Å². The van der Waals surface area contributed by atoms with Gasteiger partial charge in [-0.15, -0.1) is 0 Å². The van der Waals surface area contributed by atoms with Gasteiger partial charge in [0, 0.05) is 35.6 Å². The molecule has 0 spiro atoms. The van der Waals surface area contributed by atoms with Crippen molar-refractivity contribution < 1.29 is 64.4 Å². The van der Waals surface area contributed by atoms with E-state index in [4.69, 9.17) is 0 Å². The minimum Gasteiger partial charge on any atom is -0.282 e. The number of rotatable bonds is 6. The van der Waals surface area contributed by atoms with Gasteiger partial charge in [0.25, 0.3) is 0 Å². The van der Waals surface area contributed by atoms with Gasteiger partial charge in [0.2, 0.25) is 0 Å². The molecule has 6 N–H and O–H groups in total. The first-order valence-electron chi connectivity index (χ1n) is 14.0. The average Bonchev–Trinajstić information content (AvgIpc) is 2.64.